The zero-order chi connectivity index (χ0) is 20.8. The third-order valence-electron chi connectivity index (χ3n) is 4.39. The summed E-state index contributed by atoms with van der Waals surface area (Å²) in [7, 11) is -1.82. The zero-order valence-electron chi connectivity index (χ0n) is 16.4. The SMILES string of the molecule is CC(=O)NCOc1cccc2c1B(O)OC2.Cl.NCOc1cccc2c1B(O)OC2. The highest BCUT2D eigenvalue weighted by Crippen LogP contribution is 2.18. The fraction of sp³-hybridized carbons (Fsp3) is 0.278. The quantitative estimate of drug-likeness (QED) is 0.347. The van der Waals surface area contributed by atoms with Gasteiger partial charge in [-0.3, -0.25) is 10.5 Å². The first-order valence-corrected chi connectivity index (χ1v) is 9.04. The van der Waals surface area contributed by atoms with E-state index < -0.39 is 14.2 Å². The minimum Gasteiger partial charge on any atom is -0.479 e. The van der Waals surface area contributed by atoms with E-state index in [0.717, 1.165) is 11.1 Å². The molecule has 1 amide bonds. The van der Waals surface area contributed by atoms with E-state index >= 15 is 0 Å². The van der Waals surface area contributed by atoms with E-state index in [1.165, 1.54) is 6.92 Å². The van der Waals surface area contributed by atoms with E-state index in [1.807, 2.05) is 24.3 Å². The number of carbonyl (C=O) groups is 1. The van der Waals surface area contributed by atoms with Crippen LogP contribution in [0.1, 0.15) is 18.1 Å². The van der Waals surface area contributed by atoms with Crippen LogP contribution in [0.3, 0.4) is 0 Å². The Balaban J connectivity index is 0.000000211. The first-order valence-electron chi connectivity index (χ1n) is 9.04. The van der Waals surface area contributed by atoms with Gasteiger partial charge >= 0.3 is 14.2 Å². The van der Waals surface area contributed by atoms with Crippen molar-refractivity contribution >= 4 is 43.5 Å². The average molecular weight is 436 g/mol. The van der Waals surface area contributed by atoms with Crippen LogP contribution in [-0.4, -0.2) is 43.7 Å². The Morgan fingerprint density at radius 2 is 1.53 bits per heavy atom. The second-order valence-corrected chi connectivity index (χ2v) is 6.32. The number of fused-ring (bicyclic) bond motifs is 2. The Morgan fingerprint density at radius 3 is 2.00 bits per heavy atom. The van der Waals surface area contributed by atoms with Gasteiger partial charge in [-0.25, -0.2) is 0 Å². The van der Waals surface area contributed by atoms with Crippen molar-refractivity contribution in [1.82, 2.24) is 5.32 Å². The molecule has 5 N–H and O–H groups in total. The van der Waals surface area contributed by atoms with Gasteiger partial charge in [0.25, 0.3) is 0 Å². The lowest BCUT2D eigenvalue weighted by Gasteiger charge is -2.10. The van der Waals surface area contributed by atoms with E-state index in [9.17, 15) is 14.8 Å². The van der Waals surface area contributed by atoms with E-state index in [4.69, 9.17) is 24.5 Å². The lowest BCUT2D eigenvalue weighted by atomic mass is 9.79. The van der Waals surface area contributed by atoms with Gasteiger partial charge in [-0.2, -0.15) is 0 Å². The molecule has 2 aliphatic rings. The number of benzene rings is 2. The molecule has 0 saturated carbocycles. The molecule has 2 heterocycles. The third-order valence-corrected chi connectivity index (χ3v) is 4.39. The Bertz CT molecular complexity index is 874. The van der Waals surface area contributed by atoms with Gasteiger partial charge in [-0.05, 0) is 23.3 Å². The number of halogens is 1. The molecule has 30 heavy (non-hydrogen) atoms. The number of nitrogens with one attached hydrogen (secondary N) is 1. The van der Waals surface area contributed by atoms with Crippen LogP contribution in [0.25, 0.3) is 0 Å². The third kappa shape index (κ3) is 5.66. The van der Waals surface area contributed by atoms with E-state index in [2.05, 4.69) is 5.32 Å². The van der Waals surface area contributed by atoms with Crippen molar-refractivity contribution < 1.29 is 33.6 Å². The van der Waals surface area contributed by atoms with Crippen LogP contribution in [0.15, 0.2) is 36.4 Å². The molecular formula is C18H23B2ClN2O7. The maximum Gasteiger partial charge on any atom is 0.495 e. The lowest BCUT2D eigenvalue weighted by molar-refractivity contribution is -0.119. The molecule has 0 radical (unpaired) electrons. The van der Waals surface area contributed by atoms with Crippen molar-refractivity contribution in [1.29, 1.82) is 0 Å². The second kappa shape index (κ2) is 11.2. The summed E-state index contributed by atoms with van der Waals surface area (Å²) in [5.41, 5.74) is 8.47. The lowest BCUT2D eigenvalue weighted by Crippen LogP contribution is -2.32. The summed E-state index contributed by atoms with van der Waals surface area (Å²) in [4.78, 5) is 10.7. The number of hydrogen-bond acceptors (Lipinski definition) is 8. The summed E-state index contributed by atoms with van der Waals surface area (Å²) < 4.78 is 20.6. The largest absolute Gasteiger partial charge is 0.495 e. The zero-order valence-corrected chi connectivity index (χ0v) is 17.2. The van der Waals surface area contributed by atoms with Crippen LogP contribution in [0.4, 0.5) is 0 Å². The van der Waals surface area contributed by atoms with E-state index in [1.54, 1.807) is 12.1 Å². The molecule has 2 aromatic carbocycles. The highest BCUT2D eigenvalue weighted by Gasteiger charge is 2.31. The van der Waals surface area contributed by atoms with Crippen LogP contribution in [0.2, 0.25) is 0 Å². The van der Waals surface area contributed by atoms with Crippen molar-refractivity contribution in [2.75, 3.05) is 13.5 Å². The Labute approximate surface area is 181 Å². The predicted molar refractivity (Wildman–Crippen MR) is 114 cm³/mol. The molecule has 9 nitrogen and oxygen atoms in total. The summed E-state index contributed by atoms with van der Waals surface area (Å²) in [6, 6.07) is 10.9. The van der Waals surface area contributed by atoms with Crippen molar-refractivity contribution in [3.8, 4) is 11.5 Å². The first-order chi connectivity index (χ1) is 14.0. The van der Waals surface area contributed by atoms with E-state index in [0.29, 0.717) is 35.6 Å². The average Bonchev–Trinajstić information content (AvgIpc) is 3.27. The highest BCUT2D eigenvalue weighted by molar-refractivity contribution is 6.63. The van der Waals surface area contributed by atoms with Gasteiger partial charge in [-0.1, -0.05) is 24.3 Å². The summed E-state index contributed by atoms with van der Waals surface area (Å²) >= 11 is 0. The van der Waals surface area contributed by atoms with Crippen molar-refractivity contribution in [2.24, 2.45) is 5.73 Å². The normalized spacial score (nSPS) is 13.5. The summed E-state index contributed by atoms with van der Waals surface area (Å²) in [6.45, 7) is 2.41. The molecule has 0 saturated heterocycles. The summed E-state index contributed by atoms with van der Waals surface area (Å²) in [5, 5.41) is 21.5. The van der Waals surface area contributed by atoms with Crippen LogP contribution in [0.5, 0.6) is 11.5 Å². The van der Waals surface area contributed by atoms with Crippen molar-refractivity contribution in [3.05, 3.63) is 47.5 Å². The van der Waals surface area contributed by atoms with Crippen molar-refractivity contribution in [2.45, 2.75) is 20.1 Å². The minimum absolute atomic E-state index is 0. The van der Waals surface area contributed by atoms with Crippen LogP contribution in [0, 0.1) is 0 Å². The molecule has 0 spiro atoms. The van der Waals surface area contributed by atoms with Gasteiger partial charge in [0.05, 0.1) is 13.2 Å². The highest BCUT2D eigenvalue weighted by atomic mass is 35.5. The van der Waals surface area contributed by atoms with Gasteiger partial charge < -0.3 is 34.1 Å². The number of hydrogen-bond donors (Lipinski definition) is 4. The Hall–Kier alpha value is -2.27. The second-order valence-electron chi connectivity index (χ2n) is 6.32. The molecule has 0 aliphatic carbocycles. The number of nitrogens with two attached hydrogens (primary N) is 1. The fourth-order valence-electron chi connectivity index (χ4n) is 3.05. The van der Waals surface area contributed by atoms with Crippen LogP contribution >= 0.6 is 12.4 Å². The smallest absolute Gasteiger partial charge is 0.479 e. The minimum atomic E-state index is -0.941. The molecular weight excluding hydrogens is 413 g/mol. The standard InChI is InChI=1S/C10H12BNO4.C8H10BNO3.ClH/c1-7(13)12-6-15-9-4-2-3-8-5-16-11(14)10(8)9;10-5-12-7-3-1-2-6-4-13-9(11)8(6)7;/h2-4,14H,5-6H2,1H3,(H,12,13);1-3,11H,4-5,10H2;1H. The Morgan fingerprint density at radius 1 is 1.03 bits per heavy atom. The summed E-state index contributed by atoms with van der Waals surface area (Å²) in [5.74, 6) is 0.977. The monoisotopic (exact) mass is 436 g/mol. The maximum atomic E-state index is 10.7. The van der Waals surface area contributed by atoms with Gasteiger partial charge in [0, 0.05) is 17.8 Å². The van der Waals surface area contributed by atoms with Crippen LogP contribution < -0.4 is 31.4 Å². The molecule has 0 aromatic heterocycles. The molecule has 0 bridgehead atoms. The number of carbonyl (C=O) groups excluding carboxylic acids is 1. The van der Waals surface area contributed by atoms with Crippen LogP contribution in [-0.2, 0) is 27.3 Å². The maximum absolute atomic E-state index is 10.7. The Kier molecular flexibility index (Phi) is 8.97. The van der Waals surface area contributed by atoms with Gasteiger partial charge in [0.1, 0.15) is 18.2 Å². The molecule has 12 heteroatoms. The predicted octanol–water partition coefficient (Wildman–Crippen LogP) is -1.00. The molecule has 160 valence electrons. The number of rotatable bonds is 5. The van der Waals surface area contributed by atoms with Gasteiger partial charge in [0.2, 0.25) is 5.91 Å². The fourth-order valence-corrected chi connectivity index (χ4v) is 3.05. The molecule has 2 aromatic rings. The molecule has 0 unspecified atom stereocenters. The van der Waals surface area contributed by atoms with E-state index in [-0.39, 0.29) is 31.8 Å². The number of ether oxygens (including phenoxy) is 2. The molecule has 4 rings (SSSR count). The van der Waals surface area contributed by atoms with Gasteiger partial charge in [-0.15, -0.1) is 12.4 Å². The van der Waals surface area contributed by atoms with Gasteiger partial charge in [0.15, 0.2) is 6.73 Å². The number of amides is 1. The molecule has 2 aliphatic heterocycles. The first kappa shape index (κ1) is 24.0. The molecule has 0 atom stereocenters. The topological polar surface area (TPSA) is 132 Å². The van der Waals surface area contributed by atoms with Crippen molar-refractivity contribution in [3.63, 3.8) is 0 Å². The summed E-state index contributed by atoms with van der Waals surface area (Å²) in [6.07, 6.45) is 0. The molecule has 0 fully saturated rings.